The van der Waals surface area contributed by atoms with Crippen LogP contribution in [0.1, 0.15) is 17.2 Å². The number of hydrogen-bond acceptors (Lipinski definition) is 6. The van der Waals surface area contributed by atoms with Gasteiger partial charge in [-0.3, -0.25) is 10.1 Å². The molecular weight excluding hydrogens is 354 g/mol. The molecule has 1 atom stereocenters. The minimum Gasteiger partial charge on any atom is -0.496 e. The molecule has 142 valence electrons. The van der Waals surface area contributed by atoms with Crippen LogP contribution in [0.25, 0.3) is 0 Å². The van der Waals surface area contributed by atoms with Crippen molar-refractivity contribution >= 4 is 17.4 Å². The lowest BCUT2D eigenvalue weighted by Crippen LogP contribution is -2.41. The second-order valence-corrected chi connectivity index (χ2v) is 6.00. The van der Waals surface area contributed by atoms with Crippen molar-refractivity contribution in [1.82, 2.24) is 4.90 Å². The number of amides is 2. The molecule has 0 saturated carbocycles. The normalized spacial score (nSPS) is 15.7. The molecule has 0 unspecified atom stereocenters. The molecular formula is C18H19N3O6. The first-order valence-corrected chi connectivity index (χ1v) is 8.16. The molecule has 9 heteroatoms. The maximum absolute atomic E-state index is 12.6. The van der Waals surface area contributed by atoms with E-state index in [0.29, 0.717) is 28.3 Å². The molecule has 2 amide bonds. The topological polar surface area (TPSA) is 114 Å². The Morgan fingerprint density at radius 1 is 1.26 bits per heavy atom. The molecule has 3 rings (SSSR count). The van der Waals surface area contributed by atoms with Crippen molar-refractivity contribution in [2.45, 2.75) is 12.6 Å². The summed E-state index contributed by atoms with van der Waals surface area (Å²) in [5.74, 6) is 1.06. The Morgan fingerprint density at radius 2 is 1.96 bits per heavy atom. The van der Waals surface area contributed by atoms with Gasteiger partial charge in [0, 0.05) is 28.9 Å². The fourth-order valence-electron chi connectivity index (χ4n) is 3.13. The standard InChI is InChI=1S/C18H19N3O6/c1-26-15-6-7-16(27-2)17-13(15)9-20(10-14(17)22)18(23)19-11-4-3-5-12(8-11)21(24)25/h3-8,14,22H,9-10H2,1-2H3,(H,19,23)/t14-/m0/s1. The number of rotatable bonds is 4. The van der Waals surface area contributed by atoms with Crippen molar-refractivity contribution in [3.8, 4) is 11.5 Å². The zero-order valence-corrected chi connectivity index (χ0v) is 14.8. The van der Waals surface area contributed by atoms with Crippen LogP contribution < -0.4 is 14.8 Å². The van der Waals surface area contributed by atoms with Gasteiger partial charge in [-0.15, -0.1) is 0 Å². The number of aliphatic hydroxyl groups excluding tert-OH is 1. The number of anilines is 1. The molecule has 1 heterocycles. The van der Waals surface area contributed by atoms with Crippen LogP contribution >= 0.6 is 0 Å². The van der Waals surface area contributed by atoms with E-state index in [0.717, 1.165) is 0 Å². The van der Waals surface area contributed by atoms with E-state index < -0.39 is 17.1 Å². The fraction of sp³-hybridized carbons (Fsp3) is 0.278. The largest absolute Gasteiger partial charge is 0.496 e. The summed E-state index contributed by atoms with van der Waals surface area (Å²) in [5.41, 5.74) is 1.43. The molecule has 1 aliphatic rings. The number of methoxy groups -OCH3 is 2. The smallest absolute Gasteiger partial charge is 0.322 e. The number of aliphatic hydroxyl groups is 1. The van der Waals surface area contributed by atoms with Crippen molar-refractivity contribution < 1.29 is 24.3 Å². The summed E-state index contributed by atoms with van der Waals surface area (Å²) >= 11 is 0. The van der Waals surface area contributed by atoms with Gasteiger partial charge in [-0.2, -0.15) is 0 Å². The second-order valence-electron chi connectivity index (χ2n) is 6.00. The first-order valence-electron chi connectivity index (χ1n) is 8.16. The molecule has 0 aliphatic carbocycles. The number of non-ortho nitro benzene ring substituents is 1. The zero-order chi connectivity index (χ0) is 19.6. The van der Waals surface area contributed by atoms with Gasteiger partial charge in [0.25, 0.3) is 5.69 Å². The average molecular weight is 373 g/mol. The predicted molar refractivity (Wildman–Crippen MR) is 97.0 cm³/mol. The molecule has 2 N–H and O–H groups in total. The van der Waals surface area contributed by atoms with Gasteiger partial charge in [0.1, 0.15) is 17.6 Å². The minimum atomic E-state index is -0.949. The van der Waals surface area contributed by atoms with E-state index in [1.54, 1.807) is 18.2 Å². The van der Waals surface area contributed by atoms with Gasteiger partial charge < -0.3 is 24.8 Å². The second kappa shape index (κ2) is 7.50. The average Bonchev–Trinajstić information content (AvgIpc) is 2.67. The summed E-state index contributed by atoms with van der Waals surface area (Å²) in [5, 5.41) is 24.0. The highest BCUT2D eigenvalue weighted by atomic mass is 16.6. The number of hydrogen-bond donors (Lipinski definition) is 2. The highest BCUT2D eigenvalue weighted by Gasteiger charge is 2.32. The SMILES string of the molecule is COc1ccc(OC)c2c1CN(C(=O)Nc1cccc([N+](=O)[O-])c1)C[C@@H]2O. The van der Waals surface area contributed by atoms with Gasteiger partial charge in [-0.05, 0) is 18.2 Å². The summed E-state index contributed by atoms with van der Waals surface area (Å²) in [6.07, 6.45) is -0.949. The van der Waals surface area contributed by atoms with Crippen LogP contribution in [0.5, 0.6) is 11.5 Å². The van der Waals surface area contributed by atoms with Crippen LogP contribution in [-0.2, 0) is 6.54 Å². The van der Waals surface area contributed by atoms with E-state index in [1.165, 1.54) is 37.3 Å². The van der Waals surface area contributed by atoms with E-state index in [-0.39, 0.29) is 18.8 Å². The quantitative estimate of drug-likeness (QED) is 0.629. The third-order valence-corrected chi connectivity index (χ3v) is 4.38. The maximum Gasteiger partial charge on any atom is 0.322 e. The molecule has 0 radical (unpaired) electrons. The van der Waals surface area contributed by atoms with E-state index in [4.69, 9.17) is 9.47 Å². The van der Waals surface area contributed by atoms with Crippen LogP contribution in [0, 0.1) is 10.1 Å². The summed E-state index contributed by atoms with van der Waals surface area (Å²) in [6, 6.07) is 8.60. The number of carbonyl (C=O) groups is 1. The van der Waals surface area contributed by atoms with Crippen molar-refractivity contribution in [2.24, 2.45) is 0 Å². The highest BCUT2D eigenvalue weighted by Crippen LogP contribution is 2.39. The van der Waals surface area contributed by atoms with E-state index >= 15 is 0 Å². The number of nitrogens with one attached hydrogen (secondary N) is 1. The summed E-state index contributed by atoms with van der Waals surface area (Å²) < 4.78 is 10.7. The summed E-state index contributed by atoms with van der Waals surface area (Å²) in [7, 11) is 3.02. The number of carbonyl (C=O) groups excluding carboxylic acids is 1. The Morgan fingerprint density at radius 3 is 2.63 bits per heavy atom. The molecule has 2 aromatic carbocycles. The van der Waals surface area contributed by atoms with Gasteiger partial charge in [0.2, 0.25) is 0 Å². The Balaban J connectivity index is 1.85. The maximum atomic E-state index is 12.6. The minimum absolute atomic E-state index is 0.0529. The van der Waals surface area contributed by atoms with Gasteiger partial charge in [0.05, 0.1) is 32.2 Å². The predicted octanol–water partition coefficient (Wildman–Crippen LogP) is 2.69. The number of fused-ring (bicyclic) bond motifs is 1. The molecule has 0 spiro atoms. The van der Waals surface area contributed by atoms with Crippen molar-refractivity contribution in [3.63, 3.8) is 0 Å². The number of benzene rings is 2. The van der Waals surface area contributed by atoms with Crippen molar-refractivity contribution in [1.29, 1.82) is 0 Å². The number of β-amino-alcohol motifs (C(OH)–C–C–N with tert-alkyl or cyclic N) is 1. The van der Waals surface area contributed by atoms with E-state index in [9.17, 15) is 20.0 Å². The molecule has 0 aromatic heterocycles. The molecule has 2 aromatic rings. The van der Waals surface area contributed by atoms with E-state index in [2.05, 4.69) is 5.32 Å². The van der Waals surface area contributed by atoms with Crippen LogP contribution in [0.3, 0.4) is 0 Å². The van der Waals surface area contributed by atoms with Gasteiger partial charge >= 0.3 is 6.03 Å². The van der Waals surface area contributed by atoms with Gasteiger partial charge in [-0.1, -0.05) is 6.07 Å². The first-order chi connectivity index (χ1) is 12.9. The first kappa shape index (κ1) is 18.5. The number of ether oxygens (including phenoxy) is 2. The summed E-state index contributed by atoms with van der Waals surface area (Å²) in [6.45, 7) is 0.255. The Kier molecular flexibility index (Phi) is 5.13. The Hall–Kier alpha value is -3.33. The number of nitrogens with zero attached hydrogens (tertiary/aromatic N) is 2. The lowest BCUT2D eigenvalue weighted by molar-refractivity contribution is -0.384. The van der Waals surface area contributed by atoms with Crippen LogP contribution in [-0.4, -0.2) is 41.7 Å². The Labute approximate surface area is 155 Å². The molecule has 0 fully saturated rings. The molecule has 0 bridgehead atoms. The van der Waals surface area contributed by atoms with Gasteiger partial charge in [0.15, 0.2) is 0 Å². The van der Waals surface area contributed by atoms with Crippen LogP contribution in [0.4, 0.5) is 16.2 Å². The number of nitro groups is 1. The van der Waals surface area contributed by atoms with Gasteiger partial charge in [-0.25, -0.2) is 4.79 Å². The monoisotopic (exact) mass is 373 g/mol. The molecule has 27 heavy (non-hydrogen) atoms. The van der Waals surface area contributed by atoms with E-state index in [1.807, 2.05) is 0 Å². The third kappa shape index (κ3) is 3.63. The number of urea groups is 1. The lowest BCUT2D eigenvalue weighted by Gasteiger charge is -2.34. The van der Waals surface area contributed by atoms with Crippen molar-refractivity contribution in [2.75, 3.05) is 26.1 Å². The van der Waals surface area contributed by atoms with Crippen LogP contribution in [0.15, 0.2) is 36.4 Å². The van der Waals surface area contributed by atoms with Crippen LogP contribution in [0.2, 0.25) is 0 Å². The molecule has 9 nitrogen and oxygen atoms in total. The third-order valence-electron chi connectivity index (χ3n) is 4.38. The summed E-state index contributed by atoms with van der Waals surface area (Å²) in [4.78, 5) is 24.4. The fourth-order valence-corrected chi connectivity index (χ4v) is 3.13. The van der Waals surface area contributed by atoms with Crippen molar-refractivity contribution in [3.05, 3.63) is 57.6 Å². The molecule has 0 saturated heterocycles. The lowest BCUT2D eigenvalue weighted by atomic mass is 9.95. The Bertz CT molecular complexity index is 885. The molecule has 1 aliphatic heterocycles. The zero-order valence-electron chi connectivity index (χ0n) is 14.8. The highest BCUT2D eigenvalue weighted by molar-refractivity contribution is 5.90. The number of nitro benzene ring substituents is 1.